The molecule has 1 amide bonds. The minimum atomic E-state index is -0.234. The fourth-order valence-corrected chi connectivity index (χ4v) is 2.15. The number of nitrogens with one attached hydrogen (secondary N) is 3. The Labute approximate surface area is 146 Å². The number of benzene rings is 1. The van der Waals surface area contributed by atoms with Gasteiger partial charge in [0, 0.05) is 39.1 Å². The standard InChI is InChI=1S/C18H22FN5O/c1-20-18(23-10-8-14-4-6-16(19)7-5-14)24-12-11-22-17(25)15-3-2-9-21-13-15/h2-7,9,13H,8,10-12H2,1H3,(H,22,25)(H2,20,23,24). The fraction of sp³-hybridized carbons (Fsp3) is 0.278. The third kappa shape index (κ3) is 6.58. The summed E-state index contributed by atoms with van der Waals surface area (Å²) in [6, 6.07) is 9.87. The molecule has 0 spiro atoms. The average molecular weight is 343 g/mol. The average Bonchev–Trinajstić information content (AvgIpc) is 2.65. The van der Waals surface area contributed by atoms with E-state index in [4.69, 9.17) is 0 Å². The zero-order valence-electron chi connectivity index (χ0n) is 14.1. The number of rotatable bonds is 7. The van der Waals surface area contributed by atoms with Gasteiger partial charge in [-0.1, -0.05) is 12.1 Å². The number of carbonyl (C=O) groups is 1. The quantitative estimate of drug-likeness (QED) is 0.403. The third-order valence-corrected chi connectivity index (χ3v) is 3.47. The normalized spacial score (nSPS) is 11.0. The van der Waals surface area contributed by atoms with Gasteiger partial charge in [-0.15, -0.1) is 0 Å². The first-order chi connectivity index (χ1) is 12.2. The van der Waals surface area contributed by atoms with Gasteiger partial charge in [-0.05, 0) is 36.2 Å². The van der Waals surface area contributed by atoms with E-state index in [0.29, 0.717) is 31.2 Å². The first-order valence-corrected chi connectivity index (χ1v) is 8.06. The molecule has 0 saturated heterocycles. The largest absolute Gasteiger partial charge is 0.356 e. The maximum absolute atomic E-state index is 12.9. The molecule has 0 unspecified atom stereocenters. The molecule has 7 heteroatoms. The van der Waals surface area contributed by atoms with Gasteiger partial charge < -0.3 is 16.0 Å². The SMILES string of the molecule is CN=C(NCCNC(=O)c1cccnc1)NCCc1ccc(F)cc1. The van der Waals surface area contributed by atoms with Crippen LogP contribution in [0.1, 0.15) is 15.9 Å². The van der Waals surface area contributed by atoms with Gasteiger partial charge in [0.15, 0.2) is 5.96 Å². The van der Waals surface area contributed by atoms with Crippen LogP contribution in [-0.4, -0.2) is 43.5 Å². The van der Waals surface area contributed by atoms with Crippen LogP contribution in [-0.2, 0) is 6.42 Å². The van der Waals surface area contributed by atoms with Crippen molar-refractivity contribution in [2.75, 3.05) is 26.7 Å². The summed E-state index contributed by atoms with van der Waals surface area (Å²) in [5.41, 5.74) is 1.58. The van der Waals surface area contributed by atoms with Gasteiger partial charge in [-0.25, -0.2) is 4.39 Å². The number of aromatic nitrogens is 1. The highest BCUT2D eigenvalue weighted by atomic mass is 19.1. The van der Waals surface area contributed by atoms with E-state index in [9.17, 15) is 9.18 Å². The number of pyridine rings is 1. The van der Waals surface area contributed by atoms with Crippen LogP contribution < -0.4 is 16.0 Å². The summed E-state index contributed by atoms with van der Waals surface area (Å²) in [5, 5.41) is 9.10. The second-order valence-electron chi connectivity index (χ2n) is 5.30. The predicted molar refractivity (Wildman–Crippen MR) is 96.0 cm³/mol. The van der Waals surface area contributed by atoms with E-state index in [0.717, 1.165) is 12.0 Å². The van der Waals surface area contributed by atoms with Crippen LogP contribution in [0.5, 0.6) is 0 Å². The van der Waals surface area contributed by atoms with Crippen LogP contribution in [0.4, 0.5) is 4.39 Å². The van der Waals surface area contributed by atoms with Crippen molar-refractivity contribution in [1.82, 2.24) is 20.9 Å². The van der Waals surface area contributed by atoms with Gasteiger partial charge in [0.25, 0.3) is 5.91 Å². The van der Waals surface area contributed by atoms with E-state index in [1.54, 1.807) is 37.5 Å². The molecule has 0 saturated carbocycles. The van der Waals surface area contributed by atoms with Gasteiger partial charge >= 0.3 is 0 Å². The number of hydrogen-bond acceptors (Lipinski definition) is 3. The highest BCUT2D eigenvalue weighted by Crippen LogP contribution is 2.02. The summed E-state index contributed by atoms with van der Waals surface area (Å²) >= 11 is 0. The molecular weight excluding hydrogens is 321 g/mol. The Morgan fingerprint density at radius 1 is 1.08 bits per heavy atom. The number of guanidine groups is 1. The number of nitrogens with zero attached hydrogens (tertiary/aromatic N) is 2. The van der Waals surface area contributed by atoms with Crippen molar-refractivity contribution in [2.24, 2.45) is 4.99 Å². The lowest BCUT2D eigenvalue weighted by Gasteiger charge is -2.12. The first kappa shape index (κ1) is 18.4. The first-order valence-electron chi connectivity index (χ1n) is 8.06. The summed E-state index contributed by atoms with van der Waals surface area (Å²) < 4.78 is 12.9. The zero-order valence-corrected chi connectivity index (χ0v) is 14.1. The lowest BCUT2D eigenvalue weighted by Crippen LogP contribution is -2.42. The molecule has 2 aromatic rings. The molecule has 1 heterocycles. The summed E-state index contributed by atoms with van der Waals surface area (Å²) in [6.45, 7) is 1.68. The van der Waals surface area contributed by atoms with Crippen molar-refractivity contribution >= 4 is 11.9 Å². The van der Waals surface area contributed by atoms with Crippen LogP contribution in [0.3, 0.4) is 0 Å². The Balaban J connectivity index is 1.63. The molecule has 132 valence electrons. The van der Waals surface area contributed by atoms with Gasteiger partial charge in [-0.3, -0.25) is 14.8 Å². The summed E-state index contributed by atoms with van der Waals surface area (Å²) in [4.78, 5) is 19.9. The molecule has 0 bridgehead atoms. The van der Waals surface area contributed by atoms with Gasteiger partial charge in [0.1, 0.15) is 5.82 Å². The van der Waals surface area contributed by atoms with Crippen LogP contribution >= 0.6 is 0 Å². The smallest absolute Gasteiger partial charge is 0.252 e. The van der Waals surface area contributed by atoms with E-state index in [2.05, 4.69) is 25.9 Å². The molecular formula is C18H22FN5O. The Morgan fingerprint density at radius 2 is 1.80 bits per heavy atom. The second kappa shape index (κ2) is 10.0. The van der Waals surface area contributed by atoms with Gasteiger partial charge in [0.05, 0.1) is 5.56 Å². The lowest BCUT2D eigenvalue weighted by molar-refractivity contribution is 0.0954. The van der Waals surface area contributed by atoms with Crippen LogP contribution in [0.25, 0.3) is 0 Å². The van der Waals surface area contributed by atoms with Crippen molar-refractivity contribution in [3.05, 3.63) is 65.7 Å². The minimum absolute atomic E-state index is 0.158. The molecule has 0 radical (unpaired) electrons. The lowest BCUT2D eigenvalue weighted by atomic mass is 10.1. The molecule has 2 rings (SSSR count). The zero-order chi connectivity index (χ0) is 17.9. The molecule has 1 aromatic heterocycles. The van der Waals surface area contributed by atoms with Crippen molar-refractivity contribution in [3.8, 4) is 0 Å². The van der Waals surface area contributed by atoms with Crippen molar-refractivity contribution in [3.63, 3.8) is 0 Å². The Bertz CT molecular complexity index is 688. The Kier molecular flexibility index (Phi) is 7.37. The summed E-state index contributed by atoms with van der Waals surface area (Å²) in [7, 11) is 1.68. The van der Waals surface area contributed by atoms with E-state index >= 15 is 0 Å². The third-order valence-electron chi connectivity index (χ3n) is 3.47. The minimum Gasteiger partial charge on any atom is -0.356 e. The highest BCUT2D eigenvalue weighted by Gasteiger charge is 2.04. The van der Waals surface area contributed by atoms with Crippen molar-refractivity contribution in [2.45, 2.75) is 6.42 Å². The monoisotopic (exact) mass is 343 g/mol. The molecule has 0 aliphatic rings. The molecule has 1 aromatic carbocycles. The van der Waals surface area contributed by atoms with Crippen molar-refractivity contribution in [1.29, 1.82) is 0 Å². The number of halogens is 1. The second-order valence-corrected chi connectivity index (χ2v) is 5.30. The Morgan fingerprint density at radius 3 is 2.48 bits per heavy atom. The molecule has 25 heavy (non-hydrogen) atoms. The fourth-order valence-electron chi connectivity index (χ4n) is 2.15. The number of hydrogen-bond donors (Lipinski definition) is 3. The summed E-state index contributed by atoms with van der Waals surface area (Å²) in [6.07, 6.45) is 3.91. The van der Waals surface area contributed by atoms with E-state index in [1.807, 2.05) is 0 Å². The topological polar surface area (TPSA) is 78.4 Å². The van der Waals surface area contributed by atoms with E-state index < -0.39 is 0 Å². The number of aliphatic imine (C=N–C) groups is 1. The van der Waals surface area contributed by atoms with E-state index in [-0.39, 0.29) is 11.7 Å². The molecule has 6 nitrogen and oxygen atoms in total. The van der Waals surface area contributed by atoms with Gasteiger partial charge in [0.2, 0.25) is 0 Å². The van der Waals surface area contributed by atoms with Crippen LogP contribution in [0.15, 0.2) is 53.8 Å². The maximum Gasteiger partial charge on any atom is 0.252 e. The molecule has 0 fully saturated rings. The number of amides is 1. The molecule has 3 N–H and O–H groups in total. The van der Waals surface area contributed by atoms with Crippen molar-refractivity contribution < 1.29 is 9.18 Å². The number of carbonyl (C=O) groups excluding carboxylic acids is 1. The molecule has 0 atom stereocenters. The summed E-state index contributed by atoms with van der Waals surface area (Å²) in [5.74, 6) is 0.259. The highest BCUT2D eigenvalue weighted by molar-refractivity contribution is 5.93. The molecule has 0 aliphatic heterocycles. The van der Waals surface area contributed by atoms with E-state index in [1.165, 1.54) is 18.3 Å². The predicted octanol–water partition coefficient (Wildman–Crippen LogP) is 1.36. The maximum atomic E-state index is 12.9. The van der Waals surface area contributed by atoms with Crippen LogP contribution in [0, 0.1) is 5.82 Å². The molecule has 0 aliphatic carbocycles. The Hall–Kier alpha value is -2.96. The van der Waals surface area contributed by atoms with Crippen LogP contribution in [0.2, 0.25) is 0 Å². The van der Waals surface area contributed by atoms with Gasteiger partial charge in [-0.2, -0.15) is 0 Å².